The Morgan fingerprint density at radius 1 is 0.829 bits per heavy atom. The van der Waals surface area contributed by atoms with Crippen molar-refractivity contribution >= 4 is 29.1 Å². The van der Waals surface area contributed by atoms with Crippen LogP contribution >= 0.6 is 11.6 Å². The molecule has 0 heterocycles. The van der Waals surface area contributed by atoms with E-state index in [1.807, 2.05) is 36.4 Å². The molecule has 4 rings (SSSR count). The van der Waals surface area contributed by atoms with Gasteiger partial charge in [-0.05, 0) is 59.2 Å². The first-order valence-electron chi connectivity index (χ1n) is 11.0. The molecule has 176 valence electrons. The molecule has 0 unspecified atom stereocenters. The molecule has 0 saturated carbocycles. The fraction of sp³-hybridized carbons (Fsp3) is 0.0714. The van der Waals surface area contributed by atoms with Crippen LogP contribution in [0.4, 0.5) is 10.1 Å². The molecular weight excluding hydrogens is 465 g/mol. The van der Waals surface area contributed by atoms with Crippen molar-refractivity contribution in [1.29, 1.82) is 0 Å². The van der Waals surface area contributed by atoms with Crippen LogP contribution in [-0.2, 0) is 13.1 Å². The number of amides is 2. The summed E-state index contributed by atoms with van der Waals surface area (Å²) >= 11 is 6.21. The van der Waals surface area contributed by atoms with E-state index in [0.29, 0.717) is 23.4 Å². The van der Waals surface area contributed by atoms with Gasteiger partial charge in [0.25, 0.3) is 11.8 Å². The van der Waals surface area contributed by atoms with Crippen LogP contribution in [0.1, 0.15) is 31.8 Å². The van der Waals surface area contributed by atoms with E-state index >= 15 is 0 Å². The van der Waals surface area contributed by atoms with E-state index in [2.05, 4.69) is 10.6 Å². The first-order valence-corrected chi connectivity index (χ1v) is 11.3. The lowest BCUT2D eigenvalue weighted by Gasteiger charge is -2.11. The van der Waals surface area contributed by atoms with Gasteiger partial charge in [-0.2, -0.15) is 0 Å². The van der Waals surface area contributed by atoms with Gasteiger partial charge in [0.1, 0.15) is 5.82 Å². The Morgan fingerprint density at radius 3 is 2.34 bits per heavy atom. The van der Waals surface area contributed by atoms with Gasteiger partial charge in [-0.1, -0.05) is 60.1 Å². The molecular formula is C28H23ClFN3O2. The summed E-state index contributed by atoms with van der Waals surface area (Å²) in [5.74, 6) is -1.21. The third kappa shape index (κ3) is 5.93. The van der Waals surface area contributed by atoms with Crippen LogP contribution in [0.2, 0.25) is 5.02 Å². The molecule has 4 aromatic rings. The van der Waals surface area contributed by atoms with Gasteiger partial charge < -0.3 is 16.4 Å². The van der Waals surface area contributed by atoms with Crippen molar-refractivity contribution in [3.8, 4) is 11.1 Å². The standard InChI is InChI=1S/C28H23ClFN3O2/c29-25-12-11-23(15-24(25)28(35)32-17-22-6-1-2-10-26(22)30)33-27(34)21-9-4-8-20(14-21)19-7-3-5-18(13-19)16-31/h1-15H,16-17,31H2,(H,32,35)(H,33,34). The summed E-state index contributed by atoms with van der Waals surface area (Å²) in [7, 11) is 0. The van der Waals surface area contributed by atoms with E-state index in [4.69, 9.17) is 17.3 Å². The van der Waals surface area contributed by atoms with Gasteiger partial charge in [-0.25, -0.2) is 4.39 Å². The average Bonchev–Trinajstić information content (AvgIpc) is 2.89. The van der Waals surface area contributed by atoms with E-state index in [1.165, 1.54) is 18.2 Å². The van der Waals surface area contributed by atoms with Crippen molar-refractivity contribution in [1.82, 2.24) is 5.32 Å². The summed E-state index contributed by atoms with van der Waals surface area (Å²) in [5.41, 5.74) is 9.99. The Morgan fingerprint density at radius 2 is 1.57 bits per heavy atom. The summed E-state index contributed by atoms with van der Waals surface area (Å²) in [6.07, 6.45) is 0. The molecule has 2 amide bonds. The van der Waals surface area contributed by atoms with Crippen molar-refractivity contribution in [2.45, 2.75) is 13.1 Å². The van der Waals surface area contributed by atoms with E-state index in [-0.39, 0.29) is 23.0 Å². The highest BCUT2D eigenvalue weighted by atomic mass is 35.5. The fourth-order valence-electron chi connectivity index (χ4n) is 3.61. The molecule has 7 heteroatoms. The van der Waals surface area contributed by atoms with Gasteiger partial charge in [0.15, 0.2) is 0 Å². The predicted octanol–water partition coefficient (Wildman–Crippen LogP) is 5.79. The zero-order valence-corrected chi connectivity index (χ0v) is 19.5. The van der Waals surface area contributed by atoms with Crippen LogP contribution in [0.3, 0.4) is 0 Å². The van der Waals surface area contributed by atoms with E-state index in [0.717, 1.165) is 16.7 Å². The number of hydrogen-bond acceptors (Lipinski definition) is 3. The Hall–Kier alpha value is -4.00. The molecule has 35 heavy (non-hydrogen) atoms. The number of benzene rings is 4. The average molecular weight is 488 g/mol. The molecule has 4 aromatic carbocycles. The molecule has 0 radical (unpaired) electrons. The van der Waals surface area contributed by atoms with Gasteiger partial charge in [-0.3, -0.25) is 9.59 Å². The molecule has 4 N–H and O–H groups in total. The highest BCUT2D eigenvalue weighted by Gasteiger charge is 2.14. The number of nitrogens with two attached hydrogens (primary N) is 1. The summed E-state index contributed by atoms with van der Waals surface area (Å²) < 4.78 is 13.8. The van der Waals surface area contributed by atoms with E-state index < -0.39 is 11.7 Å². The quantitative estimate of drug-likeness (QED) is 0.308. The summed E-state index contributed by atoms with van der Waals surface area (Å²) in [6.45, 7) is 0.442. The SMILES string of the molecule is NCc1cccc(-c2cccc(C(=O)Nc3ccc(Cl)c(C(=O)NCc4ccccc4F)c3)c2)c1. The summed E-state index contributed by atoms with van der Waals surface area (Å²) in [4.78, 5) is 25.6. The second-order valence-electron chi connectivity index (χ2n) is 7.91. The van der Waals surface area contributed by atoms with E-state index in [1.54, 1.807) is 36.4 Å². The van der Waals surface area contributed by atoms with Crippen molar-refractivity contribution in [3.05, 3.63) is 124 Å². The van der Waals surface area contributed by atoms with Crippen LogP contribution in [0.25, 0.3) is 11.1 Å². The maximum atomic E-state index is 13.8. The lowest BCUT2D eigenvalue weighted by Crippen LogP contribution is -2.24. The number of carbonyl (C=O) groups is 2. The van der Waals surface area contributed by atoms with Crippen molar-refractivity contribution in [2.24, 2.45) is 5.73 Å². The number of rotatable bonds is 7. The largest absolute Gasteiger partial charge is 0.348 e. The minimum absolute atomic E-state index is 0.0105. The van der Waals surface area contributed by atoms with Gasteiger partial charge in [0.2, 0.25) is 0 Å². The van der Waals surface area contributed by atoms with Crippen LogP contribution in [-0.4, -0.2) is 11.8 Å². The fourth-order valence-corrected chi connectivity index (χ4v) is 3.81. The highest BCUT2D eigenvalue weighted by molar-refractivity contribution is 6.34. The molecule has 0 atom stereocenters. The zero-order chi connectivity index (χ0) is 24.8. The van der Waals surface area contributed by atoms with Gasteiger partial charge in [-0.15, -0.1) is 0 Å². The minimum atomic E-state index is -0.476. The minimum Gasteiger partial charge on any atom is -0.348 e. The first-order chi connectivity index (χ1) is 16.9. The zero-order valence-electron chi connectivity index (χ0n) is 18.7. The lowest BCUT2D eigenvalue weighted by atomic mass is 10.0. The smallest absolute Gasteiger partial charge is 0.255 e. The Bertz CT molecular complexity index is 1390. The van der Waals surface area contributed by atoms with Gasteiger partial charge >= 0.3 is 0 Å². The van der Waals surface area contributed by atoms with Crippen molar-refractivity contribution in [2.75, 3.05) is 5.32 Å². The van der Waals surface area contributed by atoms with Crippen LogP contribution < -0.4 is 16.4 Å². The number of carbonyl (C=O) groups excluding carboxylic acids is 2. The molecule has 0 bridgehead atoms. The molecule has 0 aliphatic carbocycles. The Labute approximate surface area is 207 Å². The van der Waals surface area contributed by atoms with Gasteiger partial charge in [0.05, 0.1) is 10.6 Å². The Kier molecular flexibility index (Phi) is 7.55. The third-order valence-corrected chi connectivity index (χ3v) is 5.82. The Balaban J connectivity index is 1.49. The highest BCUT2D eigenvalue weighted by Crippen LogP contribution is 2.24. The number of nitrogens with one attached hydrogen (secondary N) is 2. The second-order valence-corrected chi connectivity index (χ2v) is 8.32. The molecule has 0 aliphatic rings. The van der Waals surface area contributed by atoms with Crippen LogP contribution in [0, 0.1) is 5.82 Å². The lowest BCUT2D eigenvalue weighted by molar-refractivity contribution is 0.0949. The summed E-state index contributed by atoms with van der Waals surface area (Å²) in [6, 6.07) is 25.9. The summed E-state index contributed by atoms with van der Waals surface area (Å²) in [5, 5.41) is 5.68. The third-order valence-electron chi connectivity index (χ3n) is 5.49. The van der Waals surface area contributed by atoms with Crippen molar-refractivity contribution < 1.29 is 14.0 Å². The van der Waals surface area contributed by atoms with E-state index in [9.17, 15) is 14.0 Å². The normalized spacial score (nSPS) is 10.6. The predicted molar refractivity (Wildman–Crippen MR) is 137 cm³/mol. The first kappa shape index (κ1) is 24.1. The molecule has 5 nitrogen and oxygen atoms in total. The number of halogens is 2. The van der Waals surface area contributed by atoms with Crippen molar-refractivity contribution in [3.63, 3.8) is 0 Å². The molecule has 0 saturated heterocycles. The molecule has 0 fully saturated rings. The maximum Gasteiger partial charge on any atom is 0.255 e. The monoisotopic (exact) mass is 487 g/mol. The topological polar surface area (TPSA) is 84.2 Å². The second kappa shape index (κ2) is 11.0. The molecule has 0 aliphatic heterocycles. The van der Waals surface area contributed by atoms with Crippen LogP contribution in [0.15, 0.2) is 91.0 Å². The molecule has 0 spiro atoms. The number of anilines is 1. The maximum absolute atomic E-state index is 13.8. The van der Waals surface area contributed by atoms with Gasteiger partial charge in [0, 0.05) is 29.9 Å². The number of hydrogen-bond donors (Lipinski definition) is 3. The van der Waals surface area contributed by atoms with Crippen LogP contribution in [0.5, 0.6) is 0 Å². The molecule has 0 aromatic heterocycles.